The van der Waals surface area contributed by atoms with Crippen LogP contribution in [0.2, 0.25) is 0 Å². The minimum atomic E-state index is -0.329. The molecule has 0 bridgehead atoms. The van der Waals surface area contributed by atoms with Gasteiger partial charge in [-0.25, -0.2) is 0 Å². The van der Waals surface area contributed by atoms with Gasteiger partial charge in [-0.1, -0.05) is 60.7 Å². The Bertz CT molecular complexity index is 838. The third-order valence-electron chi connectivity index (χ3n) is 3.34. The second-order valence-electron chi connectivity index (χ2n) is 5.43. The molecular formula is C21H16N2O5. The summed E-state index contributed by atoms with van der Waals surface area (Å²) in [4.78, 5) is 52.0. The summed E-state index contributed by atoms with van der Waals surface area (Å²) in [6.45, 7) is 0. The van der Waals surface area contributed by atoms with Crippen molar-refractivity contribution in [1.82, 2.24) is 10.6 Å². The summed E-state index contributed by atoms with van der Waals surface area (Å²) in [5, 5.41) is 4.06. The molecule has 2 heterocycles. The summed E-state index contributed by atoms with van der Waals surface area (Å²) in [5.41, 5.74) is 1.47. The maximum atomic E-state index is 11.8. The highest BCUT2D eigenvalue weighted by Crippen LogP contribution is 2.08. The molecule has 28 heavy (non-hydrogen) atoms. The predicted molar refractivity (Wildman–Crippen MR) is 101 cm³/mol. The first-order chi connectivity index (χ1) is 13.5. The number of carbonyl (C=O) groups excluding carboxylic acids is 5. The van der Waals surface area contributed by atoms with Crippen molar-refractivity contribution in [3.63, 3.8) is 0 Å². The van der Waals surface area contributed by atoms with Gasteiger partial charge in [0.1, 0.15) is 0 Å². The lowest BCUT2D eigenvalue weighted by atomic mass is 10.0. The van der Waals surface area contributed by atoms with Crippen molar-refractivity contribution in [3.8, 4) is 0 Å². The minimum absolute atomic E-state index is 0.0752. The van der Waals surface area contributed by atoms with Crippen LogP contribution in [0.3, 0.4) is 0 Å². The van der Waals surface area contributed by atoms with Crippen molar-refractivity contribution >= 4 is 29.4 Å². The molecule has 0 radical (unpaired) electrons. The summed E-state index contributed by atoms with van der Waals surface area (Å²) in [7, 11) is 0. The lowest BCUT2D eigenvalue weighted by Crippen LogP contribution is -2.19. The molecule has 0 fully saturated rings. The lowest BCUT2D eigenvalue weighted by molar-refractivity contribution is -0.125. The molecule has 0 aliphatic carbocycles. The van der Waals surface area contributed by atoms with Crippen LogP contribution < -0.4 is 10.6 Å². The van der Waals surface area contributed by atoms with Crippen LogP contribution in [0.15, 0.2) is 85.0 Å². The number of amides is 4. The molecular weight excluding hydrogens is 360 g/mol. The lowest BCUT2D eigenvalue weighted by Gasteiger charge is -1.99. The number of benzene rings is 2. The van der Waals surface area contributed by atoms with Gasteiger partial charge in [0.05, 0.1) is 0 Å². The van der Waals surface area contributed by atoms with Gasteiger partial charge in [-0.2, -0.15) is 0 Å². The number of hydrogen-bond acceptors (Lipinski definition) is 5. The van der Waals surface area contributed by atoms with E-state index in [9.17, 15) is 24.0 Å². The molecule has 7 nitrogen and oxygen atoms in total. The van der Waals surface area contributed by atoms with E-state index < -0.39 is 0 Å². The van der Waals surface area contributed by atoms with E-state index in [1.165, 1.54) is 24.3 Å². The van der Waals surface area contributed by atoms with Crippen molar-refractivity contribution in [3.05, 3.63) is 96.1 Å². The number of nitrogens with one attached hydrogen (secondary N) is 2. The molecule has 2 aromatic carbocycles. The van der Waals surface area contributed by atoms with E-state index in [0.29, 0.717) is 0 Å². The van der Waals surface area contributed by atoms with Gasteiger partial charge in [-0.3, -0.25) is 34.6 Å². The standard InChI is InChI=1S/C13H10O.2C4H3NO2/c14-13(11-7-3-1-4-8-11)12-9-5-2-6-10-12;2*6-3-1-2-4(7)5-3/h1-10H;2*1-2H,(H,5,6,7). The number of ketones is 1. The largest absolute Gasteiger partial charge is 0.289 e. The van der Waals surface area contributed by atoms with E-state index >= 15 is 0 Å². The first kappa shape index (κ1) is 20.2. The fourth-order valence-corrected chi connectivity index (χ4v) is 2.06. The van der Waals surface area contributed by atoms with Crippen LogP contribution in [-0.4, -0.2) is 29.4 Å². The Morgan fingerprint density at radius 3 is 1.00 bits per heavy atom. The normalized spacial score (nSPS) is 13.7. The quantitative estimate of drug-likeness (QED) is 0.607. The first-order valence-corrected chi connectivity index (χ1v) is 8.16. The molecule has 0 atom stereocenters. The van der Waals surface area contributed by atoms with Crippen LogP contribution in [0.1, 0.15) is 15.9 Å². The molecule has 0 saturated heterocycles. The van der Waals surface area contributed by atoms with Gasteiger partial charge < -0.3 is 0 Å². The van der Waals surface area contributed by atoms with E-state index in [1.807, 2.05) is 71.3 Å². The molecule has 0 unspecified atom stereocenters. The van der Waals surface area contributed by atoms with Crippen molar-refractivity contribution in [2.75, 3.05) is 0 Å². The highest BCUT2D eigenvalue weighted by Gasteiger charge is 2.08. The van der Waals surface area contributed by atoms with E-state index in [-0.39, 0.29) is 29.4 Å². The second kappa shape index (κ2) is 10.1. The van der Waals surface area contributed by atoms with Crippen molar-refractivity contribution in [1.29, 1.82) is 0 Å². The zero-order chi connectivity index (χ0) is 20.4. The third-order valence-corrected chi connectivity index (χ3v) is 3.34. The average Bonchev–Trinajstić information content (AvgIpc) is 3.29. The van der Waals surface area contributed by atoms with Crippen LogP contribution >= 0.6 is 0 Å². The molecule has 4 amide bonds. The Morgan fingerprint density at radius 2 is 0.786 bits per heavy atom. The monoisotopic (exact) mass is 376 g/mol. The van der Waals surface area contributed by atoms with E-state index in [1.54, 1.807) is 0 Å². The molecule has 2 aliphatic rings. The van der Waals surface area contributed by atoms with Crippen molar-refractivity contribution in [2.24, 2.45) is 0 Å². The highest BCUT2D eigenvalue weighted by atomic mass is 16.2. The molecule has 2 aliphatic heterocycles. The average molecular weight is 376 g/mol. The SMILES string of the molecule is O=C(c1ccccc1)c1ccccc1.O=C1C=CC(=O)N1.O=C1C=CC(=O)N1. The molecule has 0 saturated carbocycles. The van der Waals surface area contributed by atoms with E-state index in [2.05, 4.69) is 0 Å². The van der Waals surface area contributed by atoms with Gasteiger partial charge in [-0.05, 0) is 0 Å². The topological polar surface area (TPSA) is 109 Å². The smallest absolute Gasteiger partial charge is 0.250 e. The molecule has 140 valence electrons. The molecule has 2 N–H and O–H groups in total. The van der Waals surface area contributed by atoms with Crippen molar-refractivity contribution < 1.29 is 24.0 Å². The maximum absolute atomic E-state index is 11.8. The van der Waals surface area contributed by atoms with E-state index in [0.717, 1.165) is 11.1 Å². The summed E-state index contributed by atoms with van der Waals surface area (Å²) >= 11 is 0. The first-order valence-electron chi connectivity index (χ1n) is 8.16. The Hall–Kier alpha value is -4.13. The zero-order valence-corrected chi connectivity index (χ0v) is 14.6. The Labute approximate surface area is 160 Å². The van der Waals surface area contributed by atoms with Gasteiger partial charge in [0.15, 0.2) is 5.78 Å². The Kier molecular flexibility index (Phi) is 7.30. The molecule has 0 spiro atoms. The number of hydrogen-bond donors (Lipinski definition) is 2. The molecule has 0 aromatic heterocycles. The van der Waals surface area contributed by atoms with Gasteiger partial charge in [-0.15, -0.1) is 0 Å². The number of carbonyl (C=O) groups is 5. The van der Waals surface area contributed by atoms with Crippen LogP contribution in [0.4, 0.5) is 0 Å². The fourth-order valence-electron chi connectivity index (χ4n) is 2.06. The maximum Gasteiger partial charge on any atom is 0.250 e. The van der Waals surface area contributed by atoms with Crippen LogP contribution in [-0.2, 0) is 19.2 Å². The second-order valence-corrected chi connectivity index (χ2v) is 5.43. The third kappa shape index (κ3) is 6.64. The summed E-state index contributed by atoms with van der Waals surface area (Å²) in [6, 6.07) is 18.6. The van der Waals surface area contributed by atoms with E-state index in [4.69, 9.17) is 0 Å². The van der Waals surface area contributed by atoms with Crippen molar-refractivity contribution in [2.45, 2.75) is 0 Å². The number of rotatable bonds is 2. The zero-order valence-electron chi connectivity index (χ0n) is 14.6. The highest BCUT2D eigenvalue weighted by molar-refractivity contribution is 6.13. The van der Waals surface area contributed by atoms with Gasteiger partial charge in [0.25, 0.3) is 23.6 Å². The van der Waals surface area contributed by atoms with Crippen LogP contribution in [0.25, 0.3) is 0 Å². The van der Waals surface area contributed by atoms with Crippen LogP contribution in [0.5, 0.6) is 0 Å². The van der Waals surface area contributed by atoms with Gasteiger partial charge in [0.2, 0.25) is 0 Å². The summed E-state index contributed by atoms with van der Waals surface area (Å²) in [5.74, 6) is -1.24. The Balaban J connectivity index is 0.000000168. The summed E-state index contributed by atoms with van der Waals surface area (Å²) < 4.78 is 0. The Morgan fingerprint density at radius 1 is 0.500 bits per heavy atom. The molecule has 4 rings (SSSR count). The van der Waals surface area contributed by atoms with Gasteiger partial charge in [0, 0.05) is 35.4 Å². The molecule has 7 heteroatoms. The summed E-state index contributed by atoms with van der Waals surface area (Å²) in [6.07, 6.45) is 4.79. The minimum Gasteiger partial charge on any atom is -0.289 e. The van der Waals surface area contributed by atoms with Crippen LogP contribution in [0, 0.1) is 0 Å². The van der Waals surface area contributed by atoms with Gasteiger partial charge >= 0.3 is 0 Å². The fraction of sp³-hybridized carbons (Fsp3) is 0. The predicted octanol–water partition coefficient (Wildman–Crippen LogP) is 1.32. The number of imide groups is 2. The molecule has 2 aromatic rings.